The van der Waals surface area contributed by atoms with Crippen LogP contribution in [0.1, 0.15) is 15.9 Å². The van der Waals surface area contributed by atoms with Crippen LogP contribution in [0.3, 0.4) is 0 Å². The number of benzene rings is 1. The first-order valence-electron chi connectivity index (χ1n) is 4.47. The summed E-state index contributed by atoms with van der Waals surface area (Å²) in [6, 6.07) is 5.32. The van der Waals surface area contributed by atoms with E-state index < -0.39 is 5.97 Å². The molecule has 0 spiro atoms. The van der Waals surface area contributed by atoms with E-state index in [9.17, 15) is 4.79 Å². The zero-order chi connectivity index (χ0) is 11.3. The molecule has 15 heavy (non-hydrogen) atoms. The molecule has 0 saturated carbocycles. The third-order valence-electron chi connectivity index (χ3n) is 2.02. The Morgan fingerprint density at radius 2 is 2.00 bits per heavy atom. The summed E-state index contributed by atoms with van der Waals surface area (Å²) in [5.41, 5.74) is 1.17. The van der Waals surface area contributed by atoms with Gasteiger partial charge in [0, 0.05) is 7.11 Å². The average Bonchev–Trinajstić information content (AvgIpc) is 2.28. The van der Waals surface area contributed by atoms with Gasteiger partial charge in [-0.3, -0.25) is 0 Å². The number of ether oxygens (including phenoxy) is 3. The molecule has 4 nitrogen and oxygen atoms in total. The summed E-state index contributed by atoms with van der Waals surface area (Å²) in [7, 11) is 4.42. The van der Waals surface area contributed by atoms with Crippen molar-refractivity contribution in [2.45, 2.75) is 6.61 Å². The summed E-state index contributed by atoms with van der Waals surface area (Å²) >= 11 is 0. The lowest BCUT2D eigenvalue weighted by atomic mass is 10.1. The fraction of sp³-hybridized carbons (Fsp3) is 0.364. The molecule has 0 bridgehead atoms. The van der Waals surface area contributed by atoms with Gasteiger partial charge in [0.05, 0.1) is 20.8 Å². The monoisotopic (exact) mass is 210 g/mol. The minimum Gasteiger partial charge on any atom is -0.496 e. The van der Waals surface area contributed by atoms with E-state index in [-0.39, 0.29) is 0 Å². The van der Waals surface area contributed by atoms with Crippen molar-refractivity contribution in [1.29, 1.82) is 0 Å². The van der Waals surface area contributed by atoms with E-state index >= 15 is 0 Å². The van der Waals surface area contributed by atoms with Gasteiger partial charge < -0.3 is 14.2 Å². The van der Waals surface area contributed by atoms with Crippen molar-refractivity contribution in [3.05, 3.63) is 29.3 Å². The summed E-state index contributed by atoms with van der Waals surface area (Å²) < 4.78 is 14.8. The maximum absolute atomic E-state index is 11.5. The Balaban J connectivity index is 3.20. The number of esters is 1. The van der Waals surface area contributed by atoms with Gasteiger partial charge in [0.1, 0.15) is 11.3 Å². The number of methoxy groups -OCH3 is 3. The highest BCUT2D eigenvalue weighted by Crippen LogP contribution is 2.23. The van der Waals surface area contributed by atoms with Crippen LogP contribution in [0.5, 0.6) is 5.75 Å². The molecule has 0 fully saturated rings. The predicted octanol–water partition coefficient (Wildman–Crippen LogP) is 1.63. The molecule has 0 N–H and O–H groups in total. The number of hydrogen-bond acceptors (Lipinski definition) is 4. The molecule has 82 valence electrons. The first-order chi connectivity index (χ1) is 7.24. The zero-order valence-corrected chi connectivity index (χ0v) is 9.07. The highest BCUT2D eigenvalue weighted by molar-refractivity contribution is 5.94. The maximum atomic E-state index is 11.5. The van der Waals surface area contributed by atoms with Gasteiger partial charge in [0.2, 0.25) is 0 Å². The molecule has 0 amide bonds. The molecular weight excluding hydrogens is 196 g/mol. The zero-order valence-electron chi connectivity index (χ0n) is 9.07. The highest BCUT2D eigenvalue weighted by Gasteiger charge is 2.17. The second-order valence-corrected chi connectivity index (χ2v) is 2.92. The van der Waals surface area contributed by atoms with E-state index in [1.165, 1.54) is 14.2 Å². The van der Waals surface area contributed by atoms with E-state index in [0.29, 0.717) is 17.9 Å². The summed E-state index contributed by atoms with van der Waals surface area (Å²) in [4.78, 5) is 11.5. The molecule has 1 aromatic rings. The van der Waals surface area contributed by atoms with E-state index in [0.717, 1.165) is 5.56 Å². The SMILES string of the molecule is COCc1cccc(OC)c1C(=O)OC. The third-order valence-corrected chi connectivity index (χ3v) is 2.02. The third kappa shape index (κ3) is 2.47. The summed E-state index contributed by atoms with van der Waals surface area (Å²) in [6.07, 6.45) is 0. The lowest BCUT2D eigenvalue weighted by molar-refractivity contribution is 0.0592. The molecule has 0 unspecified atom stereocenters. The van der Waals surface area contributed by atoms with E-state index in [2.05, 4.69) is 0 Å². The van der Waals surface area contributed by atoms with Gasteiger partial charge in [0.15, 0.2) is 0 Å². The van der Waals surface area contributed by atoms with Crippen LogP contribution in [0, 0.1) is 0 Å². The molecule has 4 heteroatoms. The Kier molecular flexibility index (Phi) is 4.12. The molecule has 1 rings (SSSR count). The average molecular weight is 210 g/mol. The largest absolute Gasteiger partial charge is 0.496 e. The fourth-order valence-corrected chi connectivity index (χ4v) is 1.36. The van der Waals surface area contributed by atoms with Crippen molar-refractivity contribution in [2.75, 3.05) is 21.3 Å². The van der Waals surface area contributed by atoms with Crippen molar-refractivity contribution in [3.63, 3.8) is 0 Å². The quantitative estimate of drug-likeness (QED) is 0.708. The Morgan fingerprint density at radius 1 is 1.27 bits per heavy atom. The van der Waals surface area contributed by atoms with Gasteiger partial charge in [-0.05, 0) is 11.6 Å². The van der Waals surface area contributed by atoms with Crippen LogP contribution < -0.4 is 4.74 Å². The van der Waals surface area contributed by atoms with Crippen LogP contribution in [-0.4, -0.2) is 27.3 Å². The summed E-state index contributed by atoms with van der Waals surface area (Å²) in [6.45, 7) is 0.349. The molecule has 1 aromatic carbocycles. The minimum atomic E-state index is -0.417. The smallest absolute Gasteiger partial charge is 0.342 e. The molecule has 0 radical (unpaired) electrons. The van der Waals surface area contributed by atoms with Crippen LogP contribution in [0.4, 0.5) is 0 Å². The molecule has 0 aromatic heterocycles. The Hall–Kier alpha value is -1.55. The second kappa shape index (κ2) is 5.36. The van der Waals surface area contributed by atoms with Crippen LogP contribution in [-0.2, 0) is 16.1 Å². The van der Waals surface area contributed by atoms with Crippen molar-refractivity contribution >= 4 is 5.97 Å². The molecule has 0 aliphatic heterocycles. The molecule has 0 atom stereocenters. The first-order valence-corrected chi connectivity index (χ1v) is 4.47. The summed E-state index contributed by atoms with van der Waals surface area (Å²) in [5, 5.41) is 0. The van der Waals surface area contributed by atoms with Gasteiger partial charge in [-0.2, -0.15) is 0 Å². The van der Waals surface area contributed by atoms with Crippen molar-refractivity contribution in [3.8, 4) is 5.75 Å². The molecule has 0 saturated heterocycles. The highest BCUT2D eigenvalue weighted by atomic mass is 16.5. The van der Waals surface area contributed by atoms with Crippen molar-refractivity contribution < 1.29 is 19.0 Å². The number of carbonyl (C=O) groups is 1. The van der Waals surface area contributed by atoms with Gasteiger partial charge >= 0.3 is 5.97 Å². The Bertz CT molecular complexity index is 346. The molecular formula is C11H14O4. The van der Waals surface area contributed by atoms with Crippen LogP contribution in [0.15, 0.2) is 18.2 Å². The van der Waals surface area contributed by atoms with Gasteiger partial charge in [-0.1, -0.05) is 12.1 Å². The lowest BCUT2D eigenvalue weighted by Crippen LogP contribution is -2.08. The predicted molar refractivity (Wildman–Crippen MR) is 55.0 cm³/mol. The molecule has 0 heterocycles. The lowest BCUT2D eigenvalue weighted by Gasteiger charge is -2.11. The van der Waals surface area contributed by atoms with Crippen LogP contribution >= 0.6 is 0 Å². The van der Waals surface area contributed by atoms with Crippen LogP contribution in [0.2, 0.25) is 0 Å². The van der Waals surface area contributed by atoms with Crippen LogP contribution in [0.25, 0.3) is 0 Å². The first kappa shape index (κ1) is 11.5. The maximum Gasteiger partial charge on any atom is 0.342 e. The normalized spacial score (nSPS) is 9.80. The van der Waals surface area contributed by atoms with E-state index in [4.69, 9.17) is 14.2 Å². The summed E-state index contributed by atoms with van der Waals surface area (Å²) in [5.74, 6) is 0.0795. The van der Waals surface area contributed by atoms with Gasteiger partial charge in [-0.15, -0.1) is 0 Å². The Labute approximate surface area is 88.8 Å². The van der Waals surface area contributed by atoms with Gasteiger partial charge in [-0.25, -0.2) is 4.79 Å². The fourth-order valence-electron chi connectivity index (χ4n) is 1.36. The van der Waals surface area contributed by atoms with Crippen molar-refractivity contribution in [1.82, 2.24) is 0 Å². The number of rotatable bonds is 4. The minimum absolute atomic E-state index is 0.349. The standard InChI is InChI=1S/C11H14O4/c1-13-7-8-5-4-6-9(14-2)10(8)11(12)15-3/h4-6H,7H2,1-3H3. The van der Waals surface area contributed by atoms with Gasteiger partial charge in [0.25, 0.3) is 0 Å². The van der Waals surface area contributed by atoms with Crippen molar-refractivity contribution in [2.24, 2.45) is 0 Å². The number of carbonyl (C=O) groups excluding carboxylic acids is 1. The second-order valence-electron chi connectivity index (χ2n) is 2.92. The van der Waals surface area contributed by atoms with E-state index in [1.807, 2.05) is 0 Å². The topological polar surface area (TPSA) is 44.8 Å². The van der Waals surface area contributed by atoms with E-state index in [1.54, 1.807) is 25.3 Å². The molecule has 0 aliphatic rings. The Morgan fingerprint density at radius 3 is 2.53 bits per heavy atom. The molecule has 0 aliphatic carbocycles. The number of hydrogen-bond donors (Lipinski definition) is 0.